The number of carbonyl (C=O) groups is 1. The van der Waals surface area contributed by atoms with E-state index in [2.05, 4.69) is 10.3 Å². The van der Waals surface area contributed by atoms with Crippen LogP contribution in [0.3, 0.4) is 0 Å². The highest BCUT2D eigenvalue weighted by Gasteiger charge is 2.12. The number of benzene rings is 2. The van der Waals surface area contributed by atoms with Crippen LogP contribution in [0, 0.1) is 6.92 Å². The topological polar surface area (TPSA) is 84.3 Å². The van der Waals surface area contributed by atoms with Crippen LogP contribution in [0.5, 0.6) is 5.75 Å². The number of H-pyrrole nitrogens is 1. The van der Waals surface area contributed by atoms with Crippen LogP contribution < -0.4 is 15.7 Å². The Morgan fingerprint density at radius 1 is 1.13 bits per heavy atom. The lowest BCUT2D eigenvalue weighted by Gasteiger charge is -2.11. The highest BCUT2D eigenvalue weighted by Crippen LogP contribution is 2.28. The summed E-state index contributed by atoms with van der Waals surface area (Å²) in [6.45, 7) is 2.40. The van der Waals surface area contributed by atoms with Crippen LogP contribution in [-0.2, 0) is 17.6 Å². The van der Waals surface area contributed by atoms with Crippen molar-refractivity contribution in [2.75, 3.05) is 13.7 Å². The molecule has 0 fully saturated rings. The zero-order valence-corrected chi connectivity index (χ0v) is 18.1. The number of hydrogen-bond donors (Lipinski definition) is 2. The first-order chi connectivity index (χ1) is 14.9. The van der Waals surface area contributed by atoms with Gasteiger partial charge in [-0.2, -0.15) is 0 Å². The van der Waals surface area contributed by atoms with E-state index in [1.54, 1.807) is 13.2 Å². The Hall–Kier alpha value is -3.25. The van der Waals surface area contributed by atoms with Gasteiger partial charge in [0.1, 0.15) is 11.3 Å². The predicted octanol–water partition coefficient (Wildman–Crippen LogP) is 4.54. The van der Waals surface area contributed by atoms with Gasteiger partial charge in [-0.15, -0.1) is 0 Å². The van der Waals surface area contributed by atoms with Crippen molar-refractivity contribution in [3.63, 3.8) is 0 Å². The molecule has 0 saturated heterocycles. The second-order valence-electron chi connectivity index (χ2n) is 7.51. The Morgan fingerprint density at radius 2 is 1.97 bits per heavy atom. The molecule has 0 aliphatic carbocycles. The molecule has 0 atom stereocenters. The number of amides is 1. The molecule has 31 heavy (non-hydrogen) atoms. The summed E-state index contributed by atoms with van der Waals surface area (Å²) in [6.07, 6.45) is 3.51. The normalized spacial score (nSPS) is 11.2. The largest absolute Gasteiger partial charge is 0.496 e. The predicted molar refractivity (Wildman–Crippen MR) is 122 cm³/mol. The minimum atomic E-state index is -0.392. The Balaban J connectivity index is 1.38. The summed E-state index contributed by atoms with van der Waals surface area (Å²) in [5.41, 5.74) is 3.96. The number of fused-ring (bicyclic) bond motifs is 2. The summed E-state index contributed by atoms with van der Waals surface area (Å²) in [4.78, 5) is 27.2. The third-order valence-electron chi connectivity index (χ3n) is 5.42. The minimum absolute atomic E-state index is 0.0312. The second kappa shape index (κ2) is 8.86. The fraction of sp³-hybridized carbons (Fsp3) is 0.250. The number of ether oxygens (including phenoxy) is 1. The van der Waals surface area contributed by atoms with Crippen LogP contribution in [0.2, 0.25) is 5.02 Å². The number of aromatic nitrogens is 1. The molecule has 0 aliphatic heterocycles. The van der Waals surface area contributed by atoms with Crippen molar-refractivity contribution in [3.05, 3.63) is 74.7 Å². The smallest absolute Gasteiger partial charge is 0.336 e. The molecule has 160 valence electrons. The van der Waals surface area contributed by atoms with Gasteiger partial charge in [-0.25, -0.2) is 4.79 Å². The number of methoxy groups -OCH3 is 1. The lowest BCUT2D eigenvalue weighted by Crippen LogP contribution is -2.25. The minimum Gasteiger partial charge on any atom is -0.496 e. The standard InChI is InChI=1S/C24H23ClN2O4/c1-14-9-24(29)31-22-12-21(30-2)15(10-18(14)22)3-6-23(28)26-8-7-16-13-27-20-5-4-17(25)11-19(16)20/h4-5,9-13,27H,3,6-8H2,1-2H3,(H,26,28). The van der Waals surface area contributed by atoms with E-state index in [0.717, 1.165) is 33.0 Å². The van der Waals surface area contributed by atoms with E-state index in [4.69, 9.17) is 20.8 Å². The highest BCUT2D eigenvalue weighted by atomic mass is 35.5. The highest BCUT2D eigenvalue weighted by molar-refractivity contribution is 6.31. The van der Waals surface area contributed by atoms with Gasteiger partial charge in [0, 0.05) is 52.6 Å². The maximum absolute atomic E-state index is 12.4. The summed E-state index contributed by atoms with van der Waals surface area (Å²) >= 11 is 6.09. The van der Waals surface area contributed by atoms with Crippen molar-refractivity contribution < 1.29 is 13.9 Å². The molecule has 2 N–H and O–H groups in total. The molecule has 7 heteroatoms. The summed E-state index contributed by atoms with van der Waals surface area (Å²) in [7, 11) is 1.56. The quantitative estimate of drug-likeness (QED) is 0.415. The Kier molecular flexibility index (Phi) is 6.00. The van der Waals surface area contributed by atoms with Crippen molar-refractivity contribution in [2.45, 2.75) is 26.2 Å². The van der Waals surface area contributed by atoms with E-state index >= 15 is 0 Å². The lowest BCUT2D eigenvalue weighted by molar-refractivity contribution is -0.121. The average molecular weight is 439 g/mol. The van der Waals surface area contributed by atoms with Gasteiger partial charge >= 0.3 is 5.63 Å². The van der Waals surface area contributed by atoms with E-state index in [1.165, 1.54) is 6.07 Å². The average Bonchev–Trinajstić information content (AvgIpc) is 3.13. The Morgan fingerprint density at radius 3 is 2.77 bits per heavy atom. The zero-order valence-electron chi connectivity index (χ0n) is 17.4. The van der Waals surface area contributed by atoms with Crippen LogP contribution in [0.15, 0.2) is 51.8 Å². The van der Waals surface area contributed by atoms with Gasteiger partial charge in [-0.3, -0.25) is 4.79 Å². The van der Waals surface area contributed by atoms with Crippen molar-refractivity contribution in [2.24, 2.45) is 0 Å². The summed E-state index contributed by atoms with van der Waals surface area (Å²) in [5.74, 6) is 0.570. The van der Waals surface area contributed by atoms with Gasteiger partial charge in [0.2, 0.25) is 5.91 Å². The first-order valence-corrected chi connectivity index (χ1v) is 10.5. The van der Waals surface area contributed by atoms with Gasteiger partial charge in [0.25, 0.3) is 0 Å². The third kappa shape index (κ3) is 4.59. The van der Waals surface area contributed by atoms with Gasteiger partial charge < -0.3 is 19.5 Å². The molecule has 2 aromatic heterocycles. The zero-order chi connectivity index (χ0) is 22.0. The SMILES string of the molecule is COc1cc2oc(=O)cc(C)c2cc1CCC(=O)NCCc1c[nH]c2ccc(Cl)cc12. The first-order valence-electron chi connectivity index (χ1n) is 10.1. The first kappa shape index (κ1) is 21.0. The molecule has 0 aliphatic rings. The molecule has 2 heterocycles. The van der Waals surface area contributed by atoms with Crippen molar-refractivity contribution in [1.29, 1.82) is 0 Å². The number of rotatable bonds is 7. The molecule has 0 spiro atoms. The third-order valence-corrected chi connectivity index (χ3v) is 5.65. The lowest BCUT2D eigenvalue weighted by atomic mass is 10.0. The molecule has 1 amide bonds. The fourth-order valence-corrected chi connectivity index (χ4v) is 3.98. The number of halogens is 1. The van der Waals surface area contributed by atoms with E-state index in [1.807, 2.05) is 37.4 Å². The number of aromatic amines is 1. The number of hydrogen-bond acceptors (Lipinski definition) is 4. The van der Waals surface area contributed by atoms with E-state index in [0.29, 0.717) is 42.2 Å². The van der Waals surface area contributed by atoms with E-state index in [9.17, 15) is 9.59 Å². The number of carbonyl (C=O) groups excluding carboxylic acids is 1. The second-order valence-corrected chi connectivity index (χ2v) is 7.95. The van der Waals surface area contributed by atoms with Gasteiger partial charge in [-0.05, 0) is 60.7 Å². The summed E-state index contributed by atoms with van der Waals surface area (Å²) < 4.78 is 10.7. The van der Waals surface area contributed by atoms with E-state index < -0.39 is 5.63 Å². The molecule has 0 bridgehead atoms. The van der Waals surface area contributed by atoms with Crippen molar-refractivity contribution in [3.8, 4) is 5.75 Å². The van der Waals surface area contributed by atoms with Crippen LogP contribution in [0.4, 0.5) is 0 Å². The van der Waals surface area contributed by atoms with Gasteiger partial charge in [0.05, 0.1) is 7.11 Å². The molecule has 2 aromatic carbocycles. The molecule has 4 rings (SSSR count). The number of nitrogens with one attached hydrogen (secondary N) is 2. The molecule has 0 radical (unpaired) electrons. The number of aryl methyl sites for hydroxylation is 2. The maximum Gasteiger partial charge on any atom is 0.336 e. The van der Waals surface area contributed by atoms with Crippen LogP contribution in [0.1, 0.15) is 23.1 Å². The van der Waals surface area contributed by atoms with Crippen LogP contribution in [0.25, 0.3) is 21.9 Å². The van der Waals surface area contributed by atoms with Crippen LogP contribution >= 0.6 is 11.6 Å². The summed E-state index contributed by atoms with van der Waals surface area (Å²) in [6, 6.07) is 10.8. The molecular weight excluding hydrogens is 416 g/mol. The van der Waals surface area contributed by atoms with Crippen LogP contribution in [-0.4, -0.2) is 24.5 Å². The fourth-order valence-electron chi connectivity index (χ4n) is 3.81. The molecule has 0 unspecified atom stereocenters. The molecule has 0 saturated carbocycles. The van der Waals surface area contributed by atoms with E-state index in [-0.39, 0.29) is 5.91 Å². The monoisotopic (exact) mass is 438 g/mol. The summed E-state index contributed by atoms with van der Waals surface area (Å²) in [5, 5.41) is 5.58. The molecular formula is C24H23ClN2O4. The van der Waals surface area contributed by atoms with Crippen molar-refractivity contribution in [1.82, 2.24) is 10.3 Å². The molecule has 4 aromatic rings. The molecule has 6 nitrogen and oxygen atoms in total. The maximum atomic E-state index is 12.4. The van der Waals surface area contributed by atoms with Gasteiger partial charge in [0.15, 0.2) is 0 Å². The Bertz CT molecular complexity index is 1320. The van der Waals surface area contributed by atoms with Crippen molar-refractivity contribution >= 4 is 39.4 Å². The Labute approximate surface area is 184 Å². The van der Waals surface area contributed by atoms with Gasteiger partial charge in [-0.1, -0.05) is 11.6 Å².